The van der Waals surface area contributed by atoms with E-state index in [1.165, 1.54) is 5.01 Å². The highest BCUT2D eigenvalue weighted by Crippen LogP contribution is 2.31. The molecule has 0 spiro atoms. The van der Waals surface area contributed by atoms with Gasteiger partial charge in [-0.05, 0) is 19.8 Å². The minimum Gasteiger partial charge on any atom is -0.476 e. The molecule has 1 fully saturated rings. The molecule has 1 aliphatic rings. The third kappa shape index (κ3) is 2.18. The molecule has 0 aliphatic carbocycles. The first-order valence-electron chi connectivity index (χ1n) is 4.96. The molecule has 0 bridgehead atoms. The summed E-state index contributed by atoms with van der Waals surface area (Å²) in [7, 11) is 0. The molecular formula is C10H18N4O. The largest absolute Gasteiger partial charge is 0.476 e. The molecule has 4 N–H and O–H groups in total. The molecule has 1 rings (SSSR count). The van der Waals surface area contributed by atoms with Gasteiger partial charge in [0.2, 0.25) is 0 Å². The van der Waals surface area contributed by atoms with E-state index in [-0.39, 0.29) is 11.7 Å². The number of ether oxygens (including phenoxy) is 1. The summed E-state index contributed by atoms with van der Waals surface area (Å²) in [6, 6.07) is 0. The van der Waals surface area contributed by atoms with E-state index in [0.717, 1.165) is 12.8 Å². The Labute approximate surface area is 89.9 Å². The average Bonchev–Trinajstić information content (AvgIpc) is 2.22. The predicted octanol–water partition coefficient (Wildman–Crippen LogP) is 1.12. The molecule has 1 atom stereocenters. The fraction of sp³-hybridized carbons (Fsp3) is 0.600. The maximum absolute atomic E-state index is 7.87. The molecule has 15 heavy (non-hydrogen) atoms. The molecular weight excluding hydrogens is 192 g/mol. The molecule has 0 aromatic heterocycles. The van der Waals surface area contributed by atoms with Crippen LogP contribution in [0.2, 0.25) is 0 Å². The van der Waals surface area contributed by atoms with Gasteiger partial charge in [-0.25, -0.2) is 5.84 Å². The molecule has 1 saturated heterocycles. The van der Waals surface area contributed by atoms with E-state index in [1.54, 1.807) is 6.08 Å². The quantitative estimate of drug-likeness (QED) is 0.282. The number of piperidine rings is 1. The van der Waals surface area contributed by atoms with E-state index in [9.17, 15) is 0 Å². The van der Waals surface area contributed by atoms with Crippen LogP contribution >= 0.6 is 0 Å². The summed E-state index contributed by atoms with van der Waals surface area (Å²) >= 11 is 0. The second kappa shape index (κ2) is 4.44. The summed E-state index contributed by atoms with van der Waals surface area (Å²) in [6.07, 6.45) is 3.19. The van der Waals surface area contributed by atoms with E-state index in [4.69, 9.17) is 21.4 Å². The number of nitrogens with two attached hydrogens (primary N) is 1. The molecule has 1 heterocycles. The average molecular weight is 210 g/mol. The normalized spacial score (nSPS) is 26.3. The second-order valence-corrected chi connectivity index (χ2v) is 3.91. The number of hydrogen-bond donors (Lipinski definition) is 3. The SMILES string of the molecule is C=CCOC(=N)C1(C)CCCN(N)C1=N. The zero-order valence-electron chi connectivity index (χ0n) is 9.05. The van der Waals surface area contributed by atoms with Crippen LogP contribution in [0.15, 0.2) is 12.7 Å². The van der Waals surface area contributed by atoms with Crippen molar-refractivity contribution < 1.29 is 4.74 Å². The molecule has 0 amide bonds. The molecule has 1 unspecified atom stereocenters. The summed E-state index contributed by atoms with van der Waals surface area (Å²) < 4.78 is 5.19. The first-order valence-corrected chi connectivity index (χ1v) is 4.96. The zero-order chi connectivity index (χ0) is 11.5. The van der Waals surface area contributed by atoms with Crippen LogP contribution in [-0.4, -0.2) is 29.9 Å². The van der Waals surface area contributed by atoms with Gasteiger partial charge in [-0.3, -0.25) is 15.8 Å². The van der Waals surface area contributed by atoms with Gasteiger partial charge in [0.15, 0.2) is 5.90 Å². The maximum Gasteiger partial charge on any atom is 0.194 e. The summed E-state index contributed by atoms with van der Waals surface area (Å²) in [5.41, 5.74) is -0.685. The molecule has 0 aromatic carbocycles. The van der Waals surface area contributed by atoms with Crippen molar-refractivity contribution >= 4 is 11.7 Å². The van der Waals surface area contributed by atoms with Crippen LogP contribution in [0, 0.1) is 16.2 Å². The van der Waals surface area contributed by atoms with E-state index < -0.39 is 5.41 Å². The van der Waals surface area contributed by atoms with Crippen LogP contribution in [0.4, 0.5) is 0 Å². The summed E-state index contributed by atoms with van der Waals surface area (Å²) in [4.78, 5) is 0. The number of hydrogen-bond acceptors (Lipinski definition) is 4. The number of rotatable bonds is 3. The lowest BCUT2D eigenvalue weighted by Gasteiger charge is -2.39. The number of amidine groups is 1. The zero-order valence-corrected chi connectivity index (χ0v) is 9.05. The van der Waals surface area contributed by atoms with Gasteiger partial charge in [-0.15, -0.1) is 0 Å². The Morgan fingerprint density at radius 3 is 3.07 bits per heavy atom. The van der Waals surface area contributed by atoms with Crippen LogP contribution in [0.1, 0.15) is 19.8 Å². The highest BCUT2D eigenvalue weighted by Gasteiger charge is 2.41. The van der Waals surface area contributed by atoms with E-state index in [2.05, 4.69) is 6.58 Å². The third-order valence-electron chi connectivity index (χ3n) is 2.73. The lowest BCUT2D eigenvalue weighted by molar-refractivity contribution is 0.253. The molecule has 0 aromatic rings. The number of hydrazine groups is 1. The topological polar surface area (TPSA) is 86.2 Å². The Hall–Kier alpha value is -1.36. The molecule has 0 radical (unpaired) electrons. The summed E-state index contributed by atoms with van der Waals surface area (Å²) in [6.45, 7) is 6.31. The van der Waals surface area contributed by atoms with Crippen molar-refractivity contribution in [2.24, 2.45) is 11.3 Å². The van der Waals surface area contributed by atoms with Crippen LogP contribution in [0.5, 0.6) is 0 Å². The van der Waals surface area contributed by atoms with Crippen molar-refractivity contribution in [1.29, 1.82) is 10.8 Å². The minimum absolute atomic E-state index is 0.0996. The van der Waals surface area contributed by atoms with Gasteiger partial charge >= 0.3 is 0 Å². The minimum atomic E-state index is -0.685. The van der Waals surface area contributed by atoms with Gasteiger partial charge in [0.1, 0.15) is 17.9 Å². The Bertz CT molecular complexity index is 289. The van der Waals surface area contributed by atoms with Crippen LogP contribution in [-0.2, 0) is 4.74 Å². The van der Waals surface area contributed by atoms with E-state index >= 15 is 0 Å². The monoisotopic (exact) mass is 210 g/mol. The van der Waals surface area contributed by atoms with Crippen LogP contribution in [0.25, 0.3) is 0 Å². The molecule has 0 saturated carbocycles. The highest BCUT2D eigenvalue weighted by atomic mass is 16.5. The van der Waals surface area contributed by atoms with E-state index in [1.807, 2.05) is 6.92 Å². The van der Waals surface area contributed by atoms with Crippen molar-refractivity contribution in [3.8, 4) is 0 Å². The summed E-state index contributed by atoms with van der Waals surface area (Å²) in [5, 5.41) is 17.1. The highest BCUT2D eigenvalue weighted by molar-refractivity contribution is 6.05. The lowest BCUT2D eigenvalue weighted by Crippen LogP contribution is -2.54. The van der Waals surface area contributed by atoms with Crippen molar-refractivity contribution in [3.05, 3.63) is 12.7 Å². The third-order valence-corrected chi connectivity index (χ3v) is 2.73. The first-order chi connectivity index (χ1) is 7.02. The van der Waals surface area contributed by atoms with Gasteiger partial charge in [-0.1, -0.05) is 12.7 Å². The number of nitrogens with zero attached hydrogens (tertiary/aromatic N) is 1. The Morgan fingerprint density at radius 2 is 2.47 bits per heavy atom. The van der Waals surface area contributed by atoms with Gasteiger partial charge in [0, 0.05) is 6.54 Å². The summed E-state index contributed by atoms with van der Waals surface area (Å²) in [5.74, 6) is 6.01. The molecule has 1 aliphatic heterocycles. The van der Waals surface area contributed by atoms with Gasteiger partial charge in [0.05, 0.1) is 0 Å². The Kier molecular flexibility index (Phi) is 3.47. The van der Waals surface area contributed by atoms with Gasteiger partial charge in [-0.2, -0.15) is 0 Å². The molecule has 5 nitrogen and oxygen atoms in total. The Balaban J connectivity index is 2.75. The van der Waals surface area contributed by atoms with Crippen molar-refractivity contribution in [1.82, 2.24) is 5.01 Å². The van der Waals surface area contributed by atoms with Crippen molar-refractivity contribution in [2.45, 2.75) is 19.8 Å². The van der Waals surface area contributed by atoms with E-state index in [0.29, 0.717) is 13.2 Å². The van der Waals surface area contributed by atoms with Crippen molar-refractivity contribution in [2.75, 3.05) is 13.2 Å². The number of nitrogens with one attached hydrogen (secondary N) is 2. The van der Waals surface area contributed by atoms with Gasteiger partial charge in [0.25, 0.3) is 0 Å². The lowest BCUT2D eigenvalue weighted by atomic mass is 9.81. The smallest absolute Gasteiger partial charge is 0.194 e. The predicted molar refractivity (Wildman–Crippen MR) is 59.8 cm³/mol. The maximum atomic E-state index is 7.87. The fourth-order valence-corrected chi connectivity index (χ4v) is 1.67. The first kappa shape index (κ1) is 11.7. The molecule has 84 valence electrons. The van der Waals surface area contributed by atoms with Crippen LogP contribution < -0.4 is 5.84 Å². The van der Waals surface area contributed by atoms with Gasteiger partial charge < -0.3 is 4.74 Å². The van der Waals surface area contributed by atoms with Crippen molar-refractivity contribution in [3.63, 3.8) is 0 Å². The Morgan fingerprint density at radius 1 is 1.80 bits per heavy atom. The van der Waals surface area contributed by atoms with Crippen LogP contribution in [0.3, 0.4) is 0 Å². The second-order valence-electron chi connectivity index (χ2n) is 3.91. The fourth-order valence-electron chi connectivity index (χ4n) is 1.67. The molecule has 5 heteroatoms. The standard InChI is InChI=1S/C10H18N4O/c1-3-7-15-9(12)10(2)5-4-6-14(13)8(10)11/h3,11-12H,1,4-7,13H2,2H3.